The number of halogens is 5. The number of amides is 2. The largest absolute Gasteiger partial charge is 0.497 e. The van der Waals surface area contributed by atoms with Gasteiger partial charge in [0.2, 0.25) is 0 Å². The van der Waals surface area contributed by atoms with E-state index in [0.717, 1.165) is 22.3 Å². The predicted molar refractivity (Wildman–Crippen MR) is 150 cm³/mol. The van der Waals surface area contributed by atoms with Crippen molar-refractivity contribution in [2.75, 3.05) is 13.7 Å². The third-order valence-corrected chi connectivity index (χ3v) is 7.63. The van der Waals surface area contributed by atoms with E-state index in [1.54, 1.807) is 30.3 Å². The maximum absolute atomic E-state index is 14.2. The van der Waals surface area contributed by atoms with Gasteiger partial charge in [0, 0.05) is 25.2 Å². The van der Waals surface area contributed by atoms with E-state index in [0.29, 0.717) is 0 Å². The average molecular weight is 619 g/mol. The van der Waals surface area contributed by atoms with E-state index in [9.17, 15) is 27.6 Å². The van der Waals surface area contributed by atoms with E-state index in [1.165, 1.54) is 40.8 Å². The van der Waals surface area contributed by atoms with Gasteiger partial charge in [-0.05, 0) is 42.0 Å². The summed E-state index contributed by atoms with van der Waals surface area (Å²) in [6.45, 7) is -0.146. The molecule has 13 heteroatoms. The minimum atomic E-state index is -4.88. The Bertz CT molecular complexity index is 1740. The van der Waals surface area contributed by atoms with Gasteiger partial charge in [-0.15, -0.1) is 0 Å². The van der Waals surface area contributed by atoms with E-state index in [-0.39, 0.29) is 58.9 Å². The molecule has 3 aromatic carbocycles. The van der Waals surface area contributed by atoms with Gasteiger partial charge in [-0.1, -0.05) is 53.5 Å². The lowest BCUT2D eigenvalue weighted by molar-refractivity contribution is -0.137. The summed E-state index contributed by atoms with van der Waals surface area (Å²) in [6.07, 6.45) is -4.88. The molecule has 0 spiro atoms. The lowest BCUT2D eigenvalue weighted by atomic mass is 10.1. The normalized spacial score (nSPS) is 13.0. The smallest absolute Gasteiger partial charge is 0.418 e. The van der Waals surface area contributed by atoms with Crippen LogP contribution < -0.4 is 15.7 Å². The van der Waals surface area contributed by atoms with Crippen LogP contribution in [0.3, 0.4) is 0 Å². The van der Waals surface area contributed by atoms with E-state index >= 15 is 0 Å². The molecule has 0 fully saturated rings. The number of imidazole rings is 1. The van der Waals surface area contributed by atoms with E-state index in [1.807, 2.05) is 0 Å². The van der Waals surface area contributed by atoms with Crippen molar-refractivity contribution in [1.82, 2.24) is 19.4 Å². The number of ether oxygens (including phenoxy) is 1. The Hall–Kier alpha value is -4.22. The predicted octanol–water partition coefficient (Wildman–Crippen LogP) is 5.56. The Kier molecular flexibility index (Phi) is 8.07. The van der Waals surface area contributed by atoms with E-state index in [2.05, 4.69) is 5.32 Å². The number of benzene rings is 3. The maximum Gasteiger partial charge on any atom is 0.418 e. The molecule has 8 nitrogen and oxygen atoms in total. The summed E-state index contributed by atoms with van der Waals surface area (Å²) in [5.41, 5.74) is -1.79. The molecule has 42 heavy (non-hydrogen) atoms. The molecule has 0 saturated carbocycles. The standard InChI is InChI=1S/C29H23Cl2F3N4O4/c1-42-19-8-10-23(20(14-19)29(32,33)34)38-25(26(39)35-15-17-5-3-2-4-6-17)24-16-36(11-12-37(24)28(38)41)27(40)18-7-9-21(30)22(31)13-18/h2-10,13-14H,11-12,15-16H2,1H3,(H,35,39). The fourth-order valence-electron chi connectivity index (χ4n) is 4.83. The zero-order valence-electron chi connectivity index (χ0n) is 22.0. The Labute approximate surface area is 247 Å². The van der Waals surface area contributed by atoms with Crippen molar-refractivity contribution >= 4 is 35.0 Å². The Balaban J connectivity index is 1.63. The minimum absolute atomic E-state index is 0.0509. The number of hydrogen-bond donors (Lipinski definition) is 1. The van der Waals surface area contributed by atoms with Gasteiger partial charge in [0.1, 0.15) is 11.4 Å². The molecule has 2 amide bonds. The second-order valence-corrected chi connectivity index (χ2v) is 10.3. The molecule has 218 valence electrons. The van der Waals surface area contributed by atoms with Crippen molar-refractivity contribution in [3.8, 4) is 11.4 Å². The first-order valence-corrected chi connectivity index (χ1v) is 13.4. The summed E-state index contributed by atoms with van der Waals surface area (Å²) in [5, 5.41) is 3.13. The SMILES string of the molecule is COc1ccc(-n2c(C(=O)NCc3ccccc3)c3n(c2=O)CCN(C(=O)c2ccc(Cl)c(Cl)c2)C3)c(C(F)(F)F)c1. The van der Waals surface area contributed by atoms with Crippen LogP contribution in [0.1, 0.15) is 37.7 Å². The number of hydrogen-bond acceptors (Lipinski definition) is 4. The lowest BCUT2D eigenvalue weighted by Gasteiger charge is -2.28. The molecule has 0 bridgehead atoms. The molecule has 0 unspecified atom stereocenters. The van der Waals surface area contributed by atoms with Crippen LogP contribution in [0.2, 0.25) is 10.0 Å². The molecule has 0 atom stereocenters. The van der Waals surface area contributed by atoms with Crippen LogP contribution in [0.4, 0.5) is 13.2 Å². The average Bonchev–Trinajstić information content (AvgIpc) is 3.28. The summed E-state index contributed by atoms with van der Waals surface area (Å²) >= 11 is 12.1. The second-order valence-electron chi connectivity index (χ2n) is 9.47. The summed E-state index contributed by atoms with van der Waals surface area (Å²) < 4.78 is 49.7. The Morgan fingerprint density at radius 2 is 1.71 bits per heavy atom. The van der Waals surface area contributed by atoms with Crippen LogP contribution in [-0.4, -0.2) is 39.5 Å². The van der Waals surface area contributed by atoms with Crippen LogP contribution in [0.25, 0.3) is 5.69 Å². The molecule has 1 aliphatic heterocycles. The first kappa shape index (κ1) is 29.3. The van der Waals surface area contributed by atoms with Crippen molar-refractivity contribution in [1.29, 1.82) is 0 Å². The molecular weight excluding hydrogens is 596 g/mol. The summed E-state index contributed by atoms with van der Waals surface area (Å²) in [7, 11) is 1.22. The zero-order valence-corrected chi connectivity index (χ0v) is 23.6. The molecule has 1 aromatic heterocycles. The number of carbonyl (C=O) groups excluding carboxylic acids is 2. The van der Waals surface area contributed by atoms with Gasteiger partial charge in [0.15, 0.2) is 0 Å². The molecular formula is C29H23Cl2F3N4O4. The highest BCUT2D eigenvalue weighted by Crippen LogP contribution is 2.37. The van der Waals surface area contributed by atoms with E-state index < -0.39 is 34.9 Å². The number of fused-ring (bicyclic) bond motifs is 1. The third kappa shape index (κ3) is 5.62. The van der Waals surface area contributed by atoms with Crippen molar-refractivity contribution in [3.05, 3.63) is 115 Å². The molecule has 1 N–H and O–H groups in total. The van der Waals surface area contributed by atoms with E-state index in [4.69, 9.17) is 27.9 Å². The summed E-state index contributed by atoms with van der Waals surface area (Å²) in [4.78, 5) is 42.1. The van der Waals surface area contributed by atoms with Crippen LogP contribution in [-0.2, 0) is 25.8 Å². The second kappa shape index (κ2) is 11.6. The fraction of sp³-hybridized carbons (Fsp3) is 0.207. The summed E-state index contributed by atoms with van der Waals surface area (Å²) in [5.74, 6) is -1.30. The maximum atomic E-state index is 14.2. The number of alkyl halides is 3. The van der Waals surface area contributed by atoms with Gasteiger partial charge in [-0.2, -0.15) is 13.2 Å². The summed E-state index contributed by atoms with van der Waals surface area (Å²) in [6, 6.07) is 16.4. The van der Waals surface area contributed by atoms with Crippen LogP contribution in [0.5, 0.6) is 5.75 Å². The number of aromatic nitrogens is 2. The molecule has 0 radical (unpaired) electrons. The highest BCUT2D eigenvalue weighted by atomic mass is 35.5. The van der Waals surface area contributed by atoms with Gasteiger partial charge in [0.25, 0.3) is 11.8 Å². The van der Waals surface area contributed by atoms with Crippen LogP contribution in [0.15, 0.2) is 71.5 Å². The molecule has 5 rings (SSSR count). The highest BCUT2D eigenvalue weighted by Gasteiger charge is 2.38. The first-order chi connectivity index (χ1) is 20.0. The highest BCUT2D eigenvalue weighted by molar-refractivity contribution is 6.42. The van der Waals surface area contributed by atoms with Crippen molar-refractivity contribution in [2.45, 2.75) is 25.8 Å². The number of nitrogens with one attached hydrogen (secondary N) is 1. The minimum Gasteiger partial charge on any atom is -0.497 e. The number of carbonyl (C=O) groups is 2. The number of methoxy groups -OCH3 is 1. The zero-order chi connectivity index (χ0) is 30.2. The molecule has 0 saturated heterocycles. The van der Waals surface area contributed by atoms with Gasteiger partial charge in [-0.25, -0.2) is 4.79 Å². The molecule has 1 aliphatic rings. The monoisotopic (exact) mass is 618 g/mol. The quantitative estimate of drug-likeness (QED) is 0.307. The topological polar surface area (TPSA) is 85.6 Å². The lowest BCUT2D eigenvalue weighted by Crippen LogP contribution is -2.41. The van der Waals surface area contributed by atoms with Gasteiger partial charge in [-0.3, -0.25) is 18.7 Å². The third-order valence-electron chi connectivity index (χ3n) is 6.89. The number of rotatable bonds is 6. The van der Waals surface area contributed by atoms with Crippen molar-refractivity contribution in [3.63, 3.8) is 0 Å². The number of nitrogens with zero attached hydrogens (tertiary/aromatic N) is 3. The van der Waals surface area contributed by atoms with Crippen LogP contribution >= 0.6 is 23.2 Å². The van der Waals surface area contributed by atoms with Crippen molar-refractivity contribution < 1.29 is 27.5 Å². The van der Waals surface area contributed by atoms with Gasteiger partial charge >= 0.3 is 11.9 Å². The molecule has 4 aromatic rings. The van der Waals surface area contributed by atoms with Gasteiger partial charge in [0.05, 0.1) is 40.6 Å². The first-order valence-electron chi connectivity index (χ1n) is 12.7. The van der Waals surface area contributed by atoms with Crippen LogP contribution in [0, 0.1) is 0 Å². The Morgan fingerprint density at radius 1 is 0.976 bits per heavy atom. The molecule has 2 heterocycles. The van der Waals surface area contributed by atoms with Crippen molar-refractivity contribution in [2.24, 2.45) is 0 Å². The fourth-order valence-corrected chi connectivity index (χ4v) is 5.13. The van der Waals surface area contributed by atoms with Gasteiger partial charge < -0.3 is 15.0 Å². The molecule has 0 aliphatic carbocycles. The Morgan fingerprint density at radius 3 is 2.38 bits per heavy atom.